The SMILES string of the molecule is NC1(Cc2cc(Br)cs2)CC1. The van der Waals surface area contributed by atoms with E-state index in [4.69, 9.17) is 5.73 Å². The molecule has 2 N–H and O–H groups in total. The molecule has 1 saturated carbocycles. The Bertz CT molecular complexity index is 265. The minimum atomic E-state index is 0.157. The van der Waals surface area contributed by atoms with E-state index in [9.17, 15) is 0 Å². The third-order valence-corrected chi connectivity index (χ3v) is 3.74. The van der Waals surface area contributed by atoms with Crippen molar-refractivity contribution in [1.82, 2.24) is 0 Å². The van der Waals surface area contributed by atoms with Gasteiger partial charge in [-0.2, -0.15) is 0 Å². The molecule has 1 aromatic heterocycles. The summed E-state index contributed by atoms with van der Waals surface area (Å²) < 4.78 is 1.18. The van der Waals surface area contributed by atoms with Crippen LogP contribution in [0.25, 0.3) is 0 Å². The van der Waals surface area contributed by atoms with Gasteiger partial charge in [0.05, 0.1) is 0 Å². The van der Waals surface area contributed by atoms with Crippen LogP contribution in [-0.2, 0) is 6.42 Å². The van der Waals surface area contributed by atoms with E-state index in [1.54, 1.807) is 11.3 Å². The van der Waals surface area contributed by atoms with Gasteiger partial charge in [0, 0.05) is 20.3 Å². The molecule has 1 fully saturated rings. The summed E-state index contributed by atoms with van der Waals surface area (Å²) in [6.45, 7) is 0. The second kappa shape index (κ2) is 2.57. The average molecular weight is 232 g/mol. The average Bonchev–Trinajstić information content (AvgIpc) is 2.49. The first-order valence-corrected chi connectivity index (χ1v) is 5.37. The summed E-state index contributed by atoms with van der Waals surface area (Å²) >= 11 is 5.22. The van der Waals surface area contributed by atoms with Crippen LogP contribution in [-0.4, -0.2) is 5.54 Å². The highest BCUT2D eigenvalue weighted by atomic mass is 79.9. The van der Waals surface area contributed by atoms with Gasteiger partial charge in [0.15, 0.2) is 0 Å². The zero-order valence-corrected chi connectivity index (χ0v) is 8.54. The maximum atomic E-state index is 5.98. The first kappa shape index (κ1) is 7.77. The molecule has 1 aliphatic rings. The Kier molecular flexibility index (Phi) is 1.82. The van der Waals surface area contributed by atoms with Crippen molar-refractivity contribution < 1.29 is 0 Å². The van der Waals surface area contributed by atoms with E-state index in [0.717, 1.165) is 6.42 Å². The molecule has 2 rings (SSSR count). The van der Waals surface area contributed by atoms with Crippen LogP contribution in [0.1, 0.15) is 17.7 Å². The minimum Gasteiger partial charge on any atom is -0.325 e. The molecular formula is C8H10BrNS. The largest absolute Gasteiger partial charge is 0.325 e. The topological polar surface area (TPSA) is 26.0 Å². The second-order valence-corrected chi connectivity index (χ2v) is 5.18. The number of nitrogens with two attached hydrogens (primary N) is 1. The van der Waals surface area contributed by atoms with Crippen molar-refractivity contribution in [2.24, 2.45) is 5.73 Å². The van der Waals surface area contributed by atoms with Gasteiger partial charge in [-0.3, -0.25) is 0 Å². The highest BCUT2D eigenvalue weighted by molar-refractivity contribution is 9.10. The van der Waals surface area contributed by atoms with Crippen LogP contribution < -0.4 is 5.73 Å². The van der Waals surface area contributed by atoms with E-state index in [1.807, 2.05) is 0 Å². The maximum absolute atomic E-state index is 5.98. The fraction of sp³-hybridized carbons (Fsp3) is 0.500. The number of hydrogen-bond donors (Lipinski definition) is 1. The van der Waals surface area contributed by atoms with Crippen LogP contribution in [0.2, 0.25) is 0 Å². The van der Waals surface area contributed by atoms with Gasteiger partial charge in [0.1, 0.15) is 0 Å². The standard InChI is InChI=1S/C8H10BrNS/c9-6-3-7(11-5-6)4-8(10)1-2-8/h3,5H,1-2,4,10H2. The van der Waals surface area contributed by atoms with Crippen molar-refractivity contribution >= 4 is 27.3 Å². The smallest absolute Gasteiger partial charge is 0.0285 e. The van der Waals surface area contributed by atoms with Crippen LogP contribution >= 0.6 is 27.3 Å². The first-order valence-electron chi connectivity index (χ1n) is 3.70. The number of halogens is 1. The molecule has 1 aliphatic carbocycles. The molecule has 0 bridgehead atoms. The third kappa shape index (κ3) is 1.83. The summed E-state index contributed by atoms with van der Waals surface area (Å²) in [6.07, 6.45) is 3.45. The predicted octanol–water partition coefficient (Wildman–Crippen LogP) is 2.54. The molecule has 0 saturated heterocycles. The van der Waals surface area contributed by atoms with Gasteiger partial charge in [-0.1, -0.05) is 0 Å². The lowest BCUT2D eigenvalue weighted by atomic mass is 10.2. The Balaban J connectivity index is 2.06. The highest BCUT2D eigenvalue weighted by Gasteiger charge is 2.38. The summed E-state index contributed by atoms with van der Waals surface area (Å²) in [5.41, 5.74) is 6.14. The zero-order valence-electron chi connectivity index (χ0n) is 6.14. The zero-order chi connectivity index (χ0) is 7.90. The van der Waals surface area contributed by atoms with Gasteiger partial charge in [-0.25, -0.2) is 0 Å². The van der Waals surface area contributed by atoms with Crippen molar-refractivity contribution in [3.8, 4) is 0 Å². The molecule has 60 valence electrons. The van der Waals surface area contributed by atoms with Gasteiger partial charge in [-0.15, -0.1) is 11.3 Å². The lowest BCUT2D eigenvalue weighted by Gasteiger charge is -2.04. The van der Waals surface area contributed by atoms with Gasteiger partial charge in [0.2, 0.25) is 0 Å². The fourth-order valence-electron chi connectivity index (χ4n) is 1.13. The normalized spacial score (nSPS) is 20.2. The molecule has 1 nitrogen and oxygen atoms in total. The number of rotatable bonds is 2. The van der Waals surface area contributed by atoms with Crippen molar-refractivity contribution in [2.45, 2.75) is 24.8 Å². The molecule has 1 heterocycles. The van der Waals surface area contributed by atoms with E-state index in [2.05, 4.69) is 27.4 Å². The Hall–Kier alpha value is 0.140. The molecule has 0 aromatic carbocycles. The van der Waals surface area contributed by atoms with E-state index in [0.29, 0.717) is 0 Å². The molecule has 0 spiro atoms. The Morgan fingerprint density at radius 1 is 1.64 bits per heavy atom. The van der Waals surface area contributed by atoms with Crippen LogP contribution in [0.5, 0.6) is 0 Å². The van der Waals surface area contributed by atoms with Crippen LogP contribution in [0.15, 0.2) is 15.9 Å². The molecule has 3 heteroatoms. The molecule has 11 heavy (non-hydrogen) atoms. The molecule has 0 aliphatic heterocycles. The summed E-state index contributed by atoms with van der Waals surface area (Å²) in [5, 5.41) is 2.11. The summed E-state index contributed by atoms with van der Waals surface area (Å²) in [6, 6.07) is 2.16. The van der Waals surface area contributed by atoms with Crippen LogP contribution in [0, 0.1) is 0 Å². The predicted molar refractivity (Wildman–Crippen MR) is 51.9 cm³/mol. The molecular weight excluding hydrogens is 222 g/mol. The molecule has 0 atom stereocenters. The lowest BCUT2D eigenvalue weighted by Crippen LogP contribution is -2.23. The van der Waals surface area contributed by atoms with Crippen molar-refractivity contribution in [3.05, 3.63) is 20.8 Å². The van der Waals surface area contributed by atoms with E-state index in [-0.39, 0.29) is 5.54 Å². The first-order chi connectivity index (χ1) is 5.18. The minimum absolute atomic E-state index is 0.157. The summed E-state index contributed by atoms with van der Waals surface area (Å²) in [7, 11) is 0. The fourth-order valence-corrected chi connectivity index (χ4v) is 2.74. The molecule has 0 unspecified atom stereocenters. The van der Waals surface area contributed by atoms with E-state index >= 15 is 0 Å². The lowest BCUT2D eigenvalue weighted by molar-refractivity contribution is 0.679. The van der Waals surface area contributed by atoms with E-state index in [1.165, 1.54) is 22.2 Å². The quantitative estimate of drug-likeness (QED) is 0.833. The van der Waals surface area contributed by atoms with Gasteiger partial charge in [0.25, 0.3) is 0 Å². The molecule has 0 amide bonds. The van der Waals surface area contributed by atoms with Crippen LogP contribution in [0.3, 0.4) is 0 Å². The Morgan fingerprint density at radius 3 is 2.82 bits per heavy atom. The third-order valence-electron chi connectivity index (χ3n) is 2.04. The number of thiophene rings is 1. The van der Waals surface area contributed by atoms with Gasteiger partial charge < -0.3 is 5.73 Å². The Morgan fingerprint density at radius 2 is 2.36 bits per heavy atom. The Labute approximate surface area is 78.7 Å². The van der Waals surface area contributed by atoms with Crippen molar-refractivity contribution in [3.63, 3.8) is 0 Å². The summed E-state index contributed by atoms with van der Waals surface area (Å²) in [4.78, 5) is 1.40. The van der Waals surface area contributed by atoms with Gasteiger partial charge in [-0.05, 0) is 41.3 Å². The number of hydrogen-bond acceptors (Lipinski definition) is 2. The molecule has 1 aromatic rings. The van der Waals surface area contributed by atoms with E-state index < -0.39 is 0 Å². The van der Waals surface area contributed by atoms with Crippen molar-refractivity contribution in [2.75, 3.05) is 0 Å². The highest BCUT2D eigenvalue weighted by Crippen LogP contribution is 2.37. The van der Waals surface area contributed by atoms with Gasteiger partial charge >= 0.3 is 0 Å². The summed E-state index contributed by atoms with van der Waals surface area (Å²) in [5.74, 6) is 0. The van der Waals surface area contributed by atoms with Crippen LogP contribution in [0.4, 0.5) is 0 Å². The molecule has 0 radical (unpaired) electrons. The monoisotopic (exact) mass is 231 g/mol. The maximum Gasteiger partial charge on any atom is 0.0285 e. The second-order valence-electron chi connectivity index (χ2n) is 3.27. The van der Waals surface area contributed by atoms with Crippen molar-refractivity contribution in [1.29, 1.82) is 0 Å².